The number of anilines is 1. The van der Waals surface area contributed by atoms with Gasteiger partial charge in [-0.3, -0.25) is 9.59 Å². The Morgan fingerprint density at radius 3 is 2.13 bits per heavy atom. The zero-order valence-corrected chi connectivity index (χ0v) is 18.5. The molecule has 0 bridgehead atoms. The van der Waals surface area contributed by atoms with Gasteiger partial charge in [0.05, 0.1) is 12.7 Å². The summed E-state index contributed by atoms with van der Waals surface area (Å²) in [5, 5.41) is 1.94. The molecule has 3 aromatic rings. The largest absolute Gasteiger partial charge is 0.573 e. The number of nitrogens with one attached hydrogen (secondary N) is 1. The van der Waals surface area contributed by atoms with E-state index < -0.39 is 81.6 Å². The van der Waals surface area contributed by atoms with Crippen molar-refractivity contribution in [2.45, 2.75) is 12.5 Å². The molecule has 0 saturated carbocycles. The van der Waals surface area contributed by atoms with Gasteiger partial charge in [-0.25, -0.2) is 14.4 Å². The van der Waals surface area contributed by atoms with Crippen LogP contribution in [0, 0.1) is 11.6 Å². The van der Waals surface area contributed by atoms with Gasteiger partial charge in [-0.15, -0.1) is 13.2 Å². The highest BCUT2D eigenvalue weighted by molar-refractivity contribution is 6.06. The molecule has 0 atom stereocenters. The lowest BCUT2D eigenvalue weighted by Gasteiger charge is -2.18. The summed E-state index contributed by atoms with van der Waals surface area (Å²) in [5.41, 5.74) is 1.39. The molecular formula is C21H12F8N4O5. The SMILES string of the molecule is COc1c(Oc2ccc(C(F)(F)F)c(F)c2C(=O)Nc2cc(C(N)=O)ncn2)ccc(OC(F)(F)F)c1F. The topological polar surface area (TPSA) is 126 Å². The fourth-order valence-corrected chi connectivity index (χ4v) is 2.93. The predicted octanol–water partition coefficient (Wildman–Crippen LogP) is 4.82. The van der Waals surface area contributed by atoms with E-state index >= 15 is 0 Å². The predicted molar refractivity (Wildman–Crippen MR) is 110 cm³/mol. The van der Waals surface area contributed by atoms with Gasteiger partial charge in [0.1, 0.15) is 29.2 Å². The number of aromatic nitrogens is 2. The number of carbonyl (C=O) groups is 2. The van der Waals surface area contributed by atoms with Crippen LogP contribution < -0.4 is 25.3 Å². The van der Waals surface area contributed by atoms with E-state index in [1.807, 2.05) is 5.32 Å². The normalized spacial score (nSPS) is 11.6. The van der Waals surface area contributed by atoms with Crippen LogP contribution >= 0.6 is 0 Å². The summed E-state index contributed by atoms with van der Waals surface area (Å²) in [5.74, 6) is -11.0. The fraction of sp³-hybridized carbons (Fsp3) is 0.143. The Labute approximate surface area is 206 Å². The van der Waals surface area contributed by atoms with E-state index in [2.05, 4.69) is 19.4 Å². The molecule has 0 aliphatic rings. The first-order valence-electron chi connectivity index (χ1n) is 9.75. The number of amides is 2. The van der Waals surface area contributed by atoms with Gasteiger partial charge in [0, 0.05) is 6.07 Å². The molecule has 9 nitrogen and oxygen atoms in total. The first-order valence-corrected chi connectivity index (χ1v) is 9.75. The van der Waals surface area contributed by atoms with E-state index in [-0.39, 0.29) is 6.07 Å². The molecule has 0 radical (unpaired) electrons. The number of nitrogens with two attached hydrogens (primary N) is 1. The van der Waals surface area contributed by atoms with E-state index in [4.69, 9.17) is 10.5 Å². The lowest BCUT2D eigenvalue weighted by atomic mass is 10.1. The number of primary amides is 1. The van der Waals surface area contributed by atoms with Crippen LogP contribution in [0.1, 0.15) is 26.4 Å². The second kappa shape index (κ2) is 10.3. The monoisotopic (exact) mass is 552 g/mol. The Bertz CT molecular complexity index is 1400. The molecule has 17 heteroatoms. The molecule has 1 heterocycles. The van der Waals surface area contributed by atoms with Gasteiger partial charge in [-0.05, 0) is 24.3 Å². The Morgan fingerprint density at radius 1 is 0.921 bits per heavy atom. The molecule has 2 amide bonds. The third-order valence-electron chi connectivity index (χ3n) is 4.47. The number of hydrogen-bond acceptors (Lipinski definition) is 7. The number of hydrogen-bond donors (Lipinski definition) is 2. The van der Waals surface area contributed by atoms with Crippen molar-refractivity contribution in [1.29, 1.82) is 0 Å². The molecule has 1 aromatic heterocycles. The fourth-order valence-electron chi connectivity index (χ4n) is 2.93. The van der Waals surface area contributed by atoms with Gasteiger partial charge in [0.2, 0.25) is 11.6 Å². The molecular weight excluding hydrogens is 540 g/mol. The van der Waals surface area contributed by atoms with Crippen LogP contribution in [-0.4, -0.2) is 35.3 Å². The zero-order valence-electron chi connectivity index (χ0n) is 18.5. The van der Waals surface area contributed by atoms with E-state index in [9.17, 15) is 44.7 Å². The number of methoxy groups -OCH3 is 1. The zero-order chi connectivity index (χ0) is 28.4. The van der Waals surface area contributed by atoms with Crippen molar-refractivity contribution in [3.8, 4) is 23.0 Å². The number of halogens is 8. The smallest absolute Gasteiger partial charge is 0.490 e. The van der Waals surface area contributed by atoms with Crippen molar-refractivity contribution in [3.63, 3.8) is 0 Å². The van der Waals surface area contributed by atoms with E-state index in [0.717, 1.165) is 19.5 Å². The van der Waals surface area contributed by atoms with Gasteiger partial charge in [0.15, 0.2) is 17.3 Å². The summed E-state index contributed by atoms with van der Waals surface area (Å²) in [6, 6.07) is 2.68. The minimum Gasteiger partial charge on any atom is -0.490 e. The minimum atomic E-state index is -5.29. The average Bonchev–Trinajstić information content (AvgIpc) is 2.79. The van der Waals surface area contributed by atoms with Gasteiger partial charge in [-0.2, -0.15) is 17.6 Å². The van der Waals surface area contributed by atoms with Crippen molar-refractivity contribution >= 4 is 17.6 Å². The molecule has 0 spiro atoms. The highest BCUT2D eigenvalue weighted by Crippen LogP contribution is 2.42. The second-order valence-electron chi connectivity index (χ2n) is 6.96. The number of carbonyl (C=O) groups excluding carboxylic acids is 2. The van der Waals surface area contributed by atoms with Crippen LogP contribution in [0.3, 0.4) is 0 Å². The van der Waals surface area contributed by atoms with E-state index in [1.54, 1.807) is 0 Å². The van der Waals surface area contributed by atoms with Crippen LogP contribution in [0.15, 0.2) is 36.7 Å². The third kappa shape index (κ3) is 6.16. The first-order chi connectivity index (χ1) is 17.6. The Kier molecular flexibility index (Phi) is 7.59. The maximum atomic E-state index is 15.0. The third-order valence-corrected chi connectivity index (χ3v) is 4.47. The van der Waals surface area contributed by atoms with Crippen LogP contribution in [0.5, 0.6) is 23.0 Å². The molecule has 0 fully saturated rings. The number of ether oxygens (including phenoxy) is 3. The number of benzene rings is 2. The second-order valence-corrected chi connectivity index (χ2v) is 6.96. The van der Waals surface area contributed by atoms with E-state index in [0.29, 0.717) is 18.2 Å². The van der Waals surface area contributed by atoms with Crippen LogP contribution in [0.4, 0.5) is 40.9 Å². The van der Waals surface area contributed by atoms with Crippen molar-refractivity contribution in [1.82, 2.24) is 9.97 Å². The molecule has 3 N–H and O–H groups in total. The summed E-state index contributed by atoms with van der Waals surface area (Å²) in [7, 11) is 0.815. The molecule has 0 aliphatic heterocycles. The maximum absolute atomic E-state index is 15.0. The standard InChI is InChI=1S/C21H12F8N4O5/c1-36-17-12(5-4-11(16(17)23)38-21(27,28)29)37-10-3-2-8(20(24,25)26)15(22)14(10)19(35)33-13-6-9(18(30)34)31-7-32-13/h2-7H,1H3,(H2,30,34)(H,31,32,33,35). The van der Waals surface area contributed by atoms with Crippen LogP contribution in [-0.2, 0) is 6.18 Å². The summed E-state index contributed by atoms with van der Waals surface area (Å²) in [6.07, 6.45) is -9.79. The lowest BCUT2D eigenvalue weighted by Crippen LogP contribution is -2.20. The number of nitrogens with zero attached hydrogens (tertiary/aromatic N) is 2. The Balaban J connectivity index is 2.09. The molecule has 202 valence electrons. The van der Waals surface area contributed by atoms with Crippen molar-refractivity contribution in [3.05, 3.63) is 65.1 Å². The summed E-state index contributed by atoms with van der Waals surface area (Å²) in [4.78, 5) is 31.1. The summed E-state index contributed by atoms with van der Waals surface area (Å²) in [6.45, 7) is 0. The van der Waals surface area contributed by atoms with Gasteiger partial charge in [0.25, 0.3) is 11.8 Å². The molecule has 2 aromatic carbocycles. The first kappa shape index (κ1) is 27.9. The molecule has 3 rings (SSSR count). The Hall–Kier alpha value is -4.70. The highest BCUT2D eigenvalue weighted by Gasteiger charge is 2.38. The average molecular weight is 552 g/mol. The highest BCUT2D eigenvalue weighted by atomic mass is 19.4. The molecule has 38 heavy (non-hydrogen) atoms. The molecule has 0 unspecified atom stereocenters. The summed E-state index contributed by atoms with van der Waals surface area (Å²) < 4.78 is 120. The van der Waals surface area contributed by atoms with Gasteiger partial charge in [-0.1, -0.05) is 0 Å². The maximum Gasteiger partial charge on any atom is 0.573 e. The van der Waals surface area contributed by atoms with Gasteiger partial charge >= 0.3 is 12.5 Å². The number of alkyl halides is 6. The minimum absolute atomic E-state index is 0.210. The molecule has 0 aliphatic carbocycles. The van der Waals surface area contributed by atoms with Gasteiger partial charge < -0.3 is 25.3 Å². The van der Waals surface area contributed by atoms with E-state index in [1.165, 1.54) is 0 Å². The van der Waals surface area contributed by atoms with Crippen molar-refractivity contribution in [2.75, 3.05) is 12.4 Å². The quantitative estimate of drug-likeness (QED) is 0.403. The Morgan fingerprint density at radius 2 is 1.55 bits per heavy atom. The lowest BCUT2D eigenvalue weighted by molar-refractivity contribution is -0.275. The molecule has 0 saturated heterocycles. The van der Waals surface area contributed by atoms with Crippen molar-refractivity contribution < 1.29 is 58.9 Å². The number of rotatable bonds is 7. The van der Waals surface area contributed by atoms with Crippen molar-refractivity contribution in [2.24, 2.45) is 5.73 Å². The van der Waals surface area contributed by atoms with Crippen LogP contribution in [0.25, 0.3) is 0 Å². The van der Waals surface area contributed by atoms with Crippen LogP contribution in [0.2, 0.25) is 0 Å². The summed E-state index contributed by atoms with van der Waals surface area (Å²) >= 11 is 0.